The van der Waals surface area contributed by atoms with Crippen LogP contribution in [-0.4, -0.2) is 21.9 Å². The van der Waals surface area contributed by atoms with E-state index in [-0.39, 0.29) is 16.6 Å². The van der Waals surface area contributed by atoms with Crippen molar-refractivity contribution in [2.24, 2.45) is 0 Å². The lowest BCUT2D eigenvalue weighted by Crippen LogP contribution is -2.22. The Balaban J connectivity index is 2.82. The molecule has 1 aromatic heterocycles. The first-order valence-corrected chi connectivity index (χ1v) is 7.45. The molecule has 0 saturated heterocycles. The van der Waals surface area contributed by atoms with Gasteiger partial charge in [-0.25, -0.2) is 4.39 Å². The lowest BCUT2D eigenvalue weighted by molar-refractivity contribution is -0.0887. The highest BCUT2D eigenvalue weighted by molar-refractivity contribution is 6.35. The lowest BCUT2D eigenvalue weighted by Gasteiger charge is -2.14. The largest absolute Gasteiger partial charge is 0.417 e. The monoisotopic (exact) mass is 372 g/mol. The molecule has 0 spiro atoms. The van der Waals surface area contributed by atoms with E-state index in [1.807, 2.05) is 0 Å². The number of aromatic nitrogens is 2. The van der Waals surface area contributed by atoms with Crippen LogP contribution in [0.1, 0.15) is 17.4 Å². The fourth-order valence-electron chi connectivity index (χ4n) is 2.41. The van der Waals surface area contributed by atoms with Crippen LogP contribution in [-0.2, 0) is 0 Å². The Morgan fingerprint density at radius 1 is 1.36 bits per heavy atom. The fourth-order valence-corrected chi connectivity index (χ4v) is 2.59. The topological polar surface area (TPSA) is 34.9 Å². The molecule has 0 radical (unpaired) electrons. The minimum atomic E-state index is -4.85. The van der Waals surface area contributed by atoms with Crippen molar-refractivity contribution in [2.45, 2.75) is 20.0 Å². The second-order valence-corrected chi connectivity index (χ2v) is 5.47. The molecule has 2 rings (SSSR count). The second-order valence-electron chi connectivity index (χ2n) is 5.06. The standard InChI is InChI=1S/C17H13ClF4N2O/c1-4-10(17(20,21)22)15(11(18)5-2)16(25)24-13-8-6-7-12(19)14(13)9(3)23-24/h4-8H,1H2,2-3H3/b11-5+,15-10-. The summed E-state index contributed by atoms with van der Waals surface area (Å²) in [6.07, 6.45) is -3.18. The van der Waals surface area contributed by atoms with E-state index >= 15 is 0 Å². The van der Waals surface area contributed by atoms with E-state index in [2.05, 4.69) is 11.7 Å². The van der Waals surface area contributed by atoms with Crippen LogP contribution in [0.2, 0.25) is 0 Å². The summed E-state index contributed by atoms with van der Waals surface area (Å²) in [5, 5.41) is 3.54. The zero-order valence-corrected chi connectivity index (χ0v) is 14.0. The Morgan fingerprint density at radius 2 is 2.00 bits per heavy atom. The summed E-state index contributed by atoms with van der Waals surface area (Å²) in [4.78, 5) is 12.8. The average molecular weight is 373 g/mol. The molecule has 0 amide bonds. The van der Waals surface area contributed by atoms with Crippen molar-refractivity contribution in [1.29, 1.82) is 0 Å². The van der Waals surface area contributed by atoms with E-state index < -0.39 is 34.1 Å². The number of aryl methyl sites for hydroxylation is 1. The first-order valence-electron chi connectivity index (χ1n) is 7.08. The highest BCUT2D eigenvalue weighted by atomic mass is 35.5. The number of benzene rings is 1. The molecule has 0 atom stereocenters. The van der Waals surface area contributed by atoms with Crippen molar-refractivity contribution in [1.82, 2.24) is 9.78 Å². The molecule has 0 N–H and O–H groups in total. The molecule has 1 aromatic carbocycles. The highest BCUT2D eigenvalue weighted by Crippen LogP contribution is 2.34. The molecule has 1 heterocycles. The van der Waals surface area contributed by atoms with Gasteiger partial charge in [0, 0.05) is 5.03 Å². The van der Waals surface area contributed by atoms with Gasteiger partial charge in [0.25, 0.3) is 5.91 Å². The van der Waals surface area contributed by atoms with Crippen LogP contribution >= 0.6 is 11.6 Å². The molecule has 2 aromatic rings. The van der Waals surface area contributed by atoms with E-state index in [9.17, 15) is 22.4 Å². The molecule has 0 saturated carbocycles. The summed E-state index contributed by atoms with van der Waals surface area (Å²) < 4.78 is 54.5. The smallest absolute Gasteiger partial charge is 0.267 e. The van der Waals surface area contributed by atoms with Crippen LogP contribution in [0, 0.1) is 12.7 Å². The number of halogens is 5. The zero-order chi connectivity index (χ0) is 18.9. The Bertz CT molecular complexity index is 923. The van der Waals surface area contributed by atoms with Gasteiger partial charge in [-0.05, 0) is 26.0 Å². The van der Waals surface area contributed by atoms with Gasteiger partial charge in [-0.15, -0.1) is 0 Å². The molecule has 0 aliphatic carbocycles. The number of alkyl halides is 3. The van der Waals surface area contributed by atoms with Gasteiger partial charge in [0.1, 0.15) is 5.82 Å². The Morgan fingerprint density at radius 3 is 2.52 bits per heavy atom. The SMILES string of the molecule is C=C/C(=C(C(=O)n1nc(C)c2c(F)cccc21)\C(Cl)=C/C)C(F)(F)F. The van der Waals surface area contributed by atoms with Gasteiger partial charge in [-0.3, -0.25) is 4.79 Å². The summed E-state index contributed by atoms with van der Waals surface area (Å²) in [6, 6.07) is 3.90. The molecule has 0 aliphatic heterocycles. The first kappa shape index (κ1) is 18.9. The van der Waals surface area contributed by atoms with E-state index in [1.54, 1.807) is 0 Å². The maximum absolute atomic E-state index is 14.0. The van der Waals surface area contributed by atoms with Gasteiger partial charge in [0.15, 0.2) is 0 Å². The van der Waals surface area contributed by atoms with Crippen LogP contribution in [0.3, 0.4) is 0 Å². The third-order valence-corrected chi connectivity index (χ3v) is 3.92. The molecular formula is C17H13ClF4N2O. The average Bonchev–Trinajstić information content (AvgIpc) is 2.88. The second kappa shape index (κ2) is 6.84. The van der Waals surface area contributed by atoms with Gasteiger partial charge in [-0.1, -0.05) is 36.4 Å². The van der Waals surface area contributed by atoms with Gasteiger partial charge in [-0.2, -0.15) is 23.0 Å². The van der Waals surface area contributed by atoms with Crippen molar-refractivity contribution >= 4 is 28.4 Å². The maximum atomic E-state index is 14.0. The number of rotatable bonds is 3. The number of hydrogen-bond donors (Lipinski definition) is 0. The van der Waals surface area contributed by atoms with Crippen LogP contribution in [0.4, 0.5) is 17.6 Å². The molecule has 0 bridgehead atoms. The molecule has 8 heteroatoms. The van der Waals surface area contributed by atoms with E-state index in [0.717, 1.165) is 6.08 Å². The van der Waals surface area contributed by atoms with Gasteiger partial charge < -0.3 is 0 Å². The van der Waals surface area contributed by atoms with Crippen molar-refractivity contribution in [3.05, 3.63) is 64.6 Å². The van der Waals surface area contributed by atoms with Gasteiger partial charge in [0.2, 0.25) is 0 Å². The van der Waals surface area contributed by atoms with E-state index in [1.165, 1.54) is 32.0 Å². The lowest BCUT2D eigenvalue weighted by atomic mass is 10.1. The molecule has 132 valence electrons. The van der Waals surface area contributed by atoms with Crippen LogP contribution in [0.5, 0.6) is 0 Å². The number of carbonyl (C=O) groups is 1. The van der Waals surface area contributed by atoms with Gasteiger partial charge in [0.05, 0.1) is 27.7 Å². The number of hydrogen-bond acceptors (Lipinski definition) is 2. The first-order chi connectivity index (χ1) is 11.6. The summed E-state index contributed by atoms with van der Waals surface area (Å²) in [6.45, 7) is 5.96. The quantitative estimate of drug-likeness (QED) is 0.415. The van der Waals surface area contributed by atoms with Crippen molar-refractivity contribution < 1.29 is 22.4 Å². The van der Waals surface area contributed by atoms with Crippen molar-refractivity contribution in [2.75, 3.05) is 0 Å². The summed E-state index contributed by atoms with van der Waals surface area (Å²) in [5.74, 6) is -1.75. The number of carbonyl (C=O) groups excluding carboxylic acids is 1. The summed E-state index contributed by atoms with van der Waals surface area (Å²) in [5.41, 5.74) is -1.88. The fraction of sp³-hybridized carbons (Fsp3) is 0.176. The predicted molar refractivity (Wildman–Crippen MR) is 87.9 cm³/mol. The minimum Gasteiger partial charge on any atom is -0.267 e. The Hall–Kier alpha value is -2.41. The number of fused-ring (bicyclic) bond motifs is 1. The van der Waals surface area contributed by atoms with Crippen LogP contribution in [0.25, 0.3) is 10.9 Å². The minimum absolute atomic E-state index is 0.0474. The van der Waals surface area contributed by atoms with Crippen molar-refractivity contribution in [3.63, 3.8) is 0 Å². The Labute approximate surface area is 145 Å². The molecule has 0 unspecified atom stereocenters. The summed E-state index contributed by atoms with van der Waals surface area (Å²) in [7, 11) is 0. The predicted octanol–water partition coefficient (Wildman–Crippen LogP) is 5.31. The van der Waals surface area contributed by atoms with E-state index in [0.29, 0.717) is 10.8 Å². The molecule has 0 fully saturated rings. The van der Waals surface area contributed by atoms with Gasteiger partial charge >= 0.3 is 6.18 Å². The van der Waals surface area contributed by atoms with E-state index in [4.69, 9.17) is 11.6 Å². The highest BCUT2D eigenvalue weighted by Gasteiger charge is 2.38. The van der Waals surface area contributed by atoms with Crippen LogP contribution < -0.4 is 0 Å². The molecule has 0 aliphatic rings. The maximum Gasteiger partial charge on any atom is 0.417 e. The molecule has 3 nitrogen and oxygen atoms in total. The third kappa shape index (κ3) is 3.37. The molecular weight excluding hydrogens is 360 g/mol. The number of nitrogens with zero attached hydrogens (tertiary/aromatic N) is 2. The number of allylic oxidation sites excluding steroid dienone is 5. The third-order valence-electron chi connectivity index (χ3n) is 3.51. The van der Waals surface area contributed by atoms with Crippen LogP contribution in [0.15, 0.2) is 53.1 Å². The summed E-state index contributed by atoms with van der Waals surface area (Å²) >= 11 is 5.86. The Kier molecular flexibility index (Phi) is 5.17. The zero-order valence-electron chi connectivity index (χ0n) is 13.3. The normalized spacial score (nSPS) is 13.8. The molecule has 25 heavy (non-hydrogen) atoms. The van der Waals surface area contributed by atoms with Crippen molar-refractivity contribution in [3.8, 4) is 0 Å².